The maximum atomic E-state index is 6.61. The second-order valence-corrected chi connectivity index (χ2v) is 12.3. The van der Waals surface area contributed by atoms with Gasteiger partial charge in [-0.15, -0.1) is 0 Å². The first-order valence-electron chi connectivity index (χ1n) is 16.6. The second kappa shape index (κ2) is 11.4. The lowest BCUT2D eigenvalue weighted by Crippen LogP contribution is -2.02. The average molecular weight is 642 g/mol. The molecular weight excluding hydrogens is 615 g/mol. The van der Waals surface area contributed by atoms with E-state index in [1.165, 1.54) is 0 Å². The third-order valence-corrected chi connectivity index (χ3v) is 9.37. The molecule has 0 saturated heterocycles. The summed E-state index contributed by atoms with van der Waals surface area (Å²) in [5.41, 5.74) is 9.98. The summed E-state index contributed by atoms with van der Waals surface area (Å²) in [6.07, 6.45) is 0. The van der Waals surface area contributed by atoms with Gasteiger partial charge in [0.25, 0.3) is 0 Å². The van der Waals surface area contributed by atoms with Gasteiger partial charge in [0.1, 0.15) is 22.3 Å². The van der Waals surface area contributed by atoms with Crippen molar-refractivity contribution in [2.45, 2.75) is 0 Å². The third kappa shape index (κ3) is 4.52. The van der Waals surface area contributed by atoms with Crippen molar-refractivity contribution in [3.05, 3.63) is 164 Å². The number of para-hydroxylation sites is 3. The SMILES string of the molecule is c1ccc(-c2nc(-c3ccccc3)nc(-c3c(-c4cccc5c4oc4ccccc45)cccc3-c3cccc4oc5ccccc5c34)n2)cc1. The van der Waals surface area contributed by atoms with E-state index >= 15 is 0 Å². The van der Waals surface area contributed by atoms with E-state index in [1.807, 2.05) is 97.1 Å². The van der Waals surface area contributed by atoms with Gasteiger partial charge in [-0.1, -0.05) is 146 Å². The van der Waals surface area contributed by atoms with Gasteiger partial charge in [-0.3, -0.25) is 0 Å². The molecule has 234 valence electrons. The highest BCUT2D eigenvalue weighted by Crippen LogP contribution is 2.46. The van der Waals surface area contributed by atoms with Crippen LogP contribution in [0, 0.1) is 0 Å². The summed E-state index contributed by atoms with van der Waals surface area (Å²) in [7, 11) is 0. The highest BCUT2D eigenvalue weighted by Gasteiger charge is 2.24. The van der Waals surface area contributed by atoms with Crippen molar-refractivity contribution >= 4 is 43.9 Å². The third-order valence-electron chi connectivity index (χ3n) is 9.37. The summed E-state index contributed by atoms with van der Waals surface area (Å²) >= 11 is 0. The molecule has 7 aromatic carbocycles. The first-order chi connectivity index (χ1) is 24.8. The number of aromatic nitrogens is 3. The van der Waals surface area contributed by atoms with Crippen LogP contribution in [0.15, 0.2) is 173 Å². The molecule has 5 heteroatoms. The number of benzene rings is 7. The van der Waals surface area contributed by atoms with Crippen molar-refractivity contribution in [2.75, 3.05) is 0 Å². The van der Waals surface area contributed by atoms with Gasteiger partial charge in [0.05, 0.1) is 0 Å². The molecule has 0 spiro atoms. The molecule has 5 nitrogen and oxygen atoms in total. The Kier molecular flexibility index (Phi) is 6.42. The van der Waals surface area contributed by atoms with Crippen LogP contribution in [0.25, 0.3) is 100 Å². The van der Waals surface area contributed by atoms with Crippen LogP contribution in [0.3, 0.4) is 0 Å². The van der Waals surface area contributed by atoms with Crippen molar-refractivity contribution in [3.8, 4) is 56.4 Å². The van der Waals surface area contributed by atoms with E-state index in [0.29, 0.717) is 17.5 Å². The number of hydrogen-bond acceptors (Lipinski definition) is 5. The molecule has 0 atom stereocenters. The molecule has 50 heavy (non-hydrogen) atoms. The van der Waals surface area contributed by atoms with Gasteiger partial charge in [-0.05, 0) is 34.9 Å². The van der Waals surface area contributed by atoms with E-state index in [-0.39, 0.29) is 0 Å². The van der Waals surface area contributed by atoms with Crippen molar-refractivity contribution < 1.29 is 8.83 Å². The van der Waals surface area contributed by atoms with Gasteiger partial charge in [-0.2, -0.15) is 0 Å². The molecule has 0 radical (unpaired) electrons. The molecule has 0 bridgehead atoms. The van der Waals surface area contributed by atoms with Gasteiger partial charge >= 0.3 is 0 Å². The Morgan fingerprint density at radius 2 is 0.800 bits per heavy atom. The maximum absolute atomic E-state index is 6.61. The van der Waals surface area contributed by atoms with Crippen LogP contribution >= 0.6 is 0 Å². The standard InChI is InChI=1S/C45H27N3O2/c1-3-14-28(15-4-1)43-46-44(29-16-5-2-6-17-29)48-45(47-43)41-32(31-22-13-27-39-40(31)36-19-8-10-26-38(36)49-39)20-11-21-33(41)35-24-12-23-34-30-18-7-9-25-37(30)50-42(34)35/h1-27H. The van der Waals surface area contributed by atoms with Crippen LogP contribution in [0.4, 0.5) is 0 Å². The molecule has 0 aliphatic heterocycles. The minimum absolute atomic E-state index is 0.571. The predicted molar refractivity (Wildman–Crippen MR) is 202 cm³/mol. The van der Waals surface area contributed by atoms with Crippen LogP contribution < -0.4 is 0 Å². The molecule has 0 amide bonds. The smallest absolute Gasteiger partial charge is 0.165 e. The summed E-state index contributed by atoms with van der Waals surface area (Å²) in [5.74, 6) is 1.77. The summed E-state index contributed by atoms with van der Waals surface area (Å²) in [4.78, 5) is 15.5. The first kappa shape index (κ1) is 28.2. The fourth-order valence-corrected chi connectivity index (χ4v) is 7.12. The number of fused-ring (bicyclic) bond motifs is 6. The van der Waals surface area contributed by atoms with Crippen LogP contribution in [-0.2, 0) is 0 Å². The van der Waals surface area contributed by atoms with Gasteiger partial charge in [0, 0.05) is 43.8 Å². The molecule has 0 aliphatic carbocycles. The van der Waals surface area contributed by atoms with E-state index in [0.717, 1.165) is 82.8 Å². The Hall–Kier alpha value is -6.85. The van der Waals surface area contributed by atoms with Crippen molar-refractivity contribution in [3.63, 3.8) is 0 Å². The highest BCUT2D eigenvalue weighted by molar-refractivity contribution is 6.15. The Morgan fingerprint density at radius 1 is 0.320 bits per heavy atom. The van der Waals surface area contributed by atoms with E-state index in [4.69, 9.17) is 23.8 Å². The van der Waals surface area contributed by atoms with Crippen LogP contribution in [0.5, 0.6) is 0 Å². The lowest BCUT2D eigenvalue weighted by atomic mass is 9.88. The number of nitrogens with zero attached hydrogens (tertiary/aromatic N) is 3. The molecule has 0 aliphatic rings. The van der Waals surface area contributed by atoms with E-state index < -0.39 is 0 Å². The molecule has 0 fully saturated rings. The van der Waals surface area contributed by atoms with E-state index in [1.54, 1.807) is 0 Å². The second-order valence-electron chi connectivity index (χ2n) is 12.3. The molecule has 0 unspecified atom stereocenters. The van der Waals surface area contributed by atoms with Crippen LogP contribution in [-0.4, -0.2) is 15.0 Å². The molecule has 0 N–H and O–H groups in total. The lowest BCUT2D eigenvalue weighted by Gasteiger charge is -2.17. The topological polar surface area (TPSA) is 65.0 Å². The first-order valence-corrected chi connectivity index (χ1v) is 16.6. The molecule has 3 heterocycles. The van der Waals surface area contributed by atoms with Gasteiger partial charge in [0.15, 0.2) is 17.5 Å². The fourth-order valence-electron chi connectivity index (χ4n) is 7.12. The van der Waals surface area contributed by atoms with Crippen molar-refractivity contribution in [1.82, 2.24) is 15.0 Å². The Balaban J connectivity index is 1.34. The average Bonchev–Trinajstić information content (AvgIpc) is 3.77. The molecule has 10 aromatic rings. The monoisotopic (exact) mass is 641 g/mol. The summed E-state index contributed by atoms with van der Waals surface area (Å²) < 4.78 is 13.0. The number of hydrogen-bond donors (Lipinski definition) is 0. The minimum Gasteiger partial charge on any atom is -0.456 e. The van der Waals surface area contributed by atoms with Crippen LogP contribution in [0.2, 0.25) is 0 Å². The summed E-state index contributed by atoms with van der Waals surface area (Å²) in [6, 6.07) is 55.5. The molecular formula is C45H27N3O2. The Bertz CT molecular complexity index is 2810. The molecule has 3 aromatic heterocycles. The van der Waals surface area contributed by atoms with E-state index in [9.17, 15) is 0 Å². The van der Waals surface area contributed by atoms with Crippen molar-refractivity contribution in [2.24, 2.45) is 0 Å². The van der Waals surface area contributed by atoms with Crippen LogP contribution in [0.1, 0.15) is 0 Å². The lowest BCUT2D eigenvalue weighted by molar-refractivity contribution is 0.669. The quantitative estimate of drug-likeness (QED) is 0.187. The van der Waals surface area contributed by atoms with Gasteiger partial charge in [-0.25, -0.2) is 15.0 Å². The number of rotatable bonds is 5. The summed E-state index contributed by atoms with van der Waals surface area (Å²) in [6.45, 7) is 0. The zero-order valence-corrected chi connectivity index (χ0v) is 26.7. The largest absolute Gasteiger partial charge is 0.456 e. The fraction of sp³-hybridized carbons (Fsp3) is 0. The Morgan fingerprint density at radius 3 is 1.52 bits per heavy atom. The van der Waals surface area contributed by atoms with Gasteiger partial charge < -0.3 is 8.83 Å². The van der Waals surface area contributed by atoms with E-state index in [2.05, 4.69) is 66.7 Å². The summed E-state index contributed by atoms with van der Waals surface area (Å²) in [5, 5.41) is 4.24. The maximum Gasteiger partial charge on any atom is 0.165 e. The molecule has 0 saturated carbocycles. The predicted octanol–water partition coefficient (Wildman–Crippen LogP) is 12.0. The molecule has 10 rings (SSSR count). The minimum atomic E-state index is 0.571. The van der Waals surface area contributed by atoms with Gasteiger partial charge in [0.2, 0.25) is 0 Å². The number of furan rings is 2. The zero-order valence-electron chi connectivity index (χ0n) is 26.7. The van der Waals surface area contributed by atoms with Crippen molar-refractivity contribution in [1.29, 1.82) is 0 Å². The highest BCUT2D eigenvalue weighted by atomic mass is 16.3. The Labute approximate surface area is 287 Å². The zero-order chi connectivity index (χ0) is 33.0. The normalized spacial score (nSPS) is 11.6.